The van der Waals surface area contributed by atoms with Gasteiger partial charge in [0.25, 0.3) is 0 Å². The highest BCUT2D eigenvalue weighted by atomic mass is 15.1. The molecule has 0 aliphatic rings. The first-order chi connectivity index (χ1) is 9.70. The van der Waals surface area contributed by atoms with Crippen LogP contribution < -0.4 is 10.2 Å². The Bertz CT molecular complexity index is 551. The molecule has 0 fully saturated rings. The summed E-state index contributed by atoms with van der Waals surface area (Å²) in [5.74, 6) is 0. The van der Waals surface area contributed by atoms with Crippen LogP contribution in [-0.2, 0) is 6.54 Å². The lowest BCUT2D eigenvalue weighted by Gasteiger charge is -2.21. The maximum absolute atomic E-state index is 4.32. The third kappa shape index (κ3) is 3.73. The van der Waals surface area contributed by atoms with Crippen molar-refractivity contribution in [2.24, 2.45) is 0 Å². The normalized spacial score (nSPS) is 10.3. The Morgan fingerprint density at radius 3 is 2.75 bits per heavy atom. The van der Waals surface area contributed by atoms with Crippen LogP contribution in [0.15, 0.2) is 42.7 Å². The number of anilines is 2. The topological polar surface area (TPSA) is 28.2 Å². The van der Waals surface area contributed by atoms with Crippen molar-refractivity contribution in [1.29, 1.82) is 0 Å². The van der Waals surface area contributed by atoms with E-state index in [4.69, 9.17) is 0 Å². The summed E-state index contributed by atoms with van der Waals surface area (Å²) in [6.45, 7) is 6.19. The summed E-state index contributed by atoms with van der Waals surface area (Å²) in [4.78, 5) is 6.55. The maximum Gasteiger partial charge on any atom is 0.0573 e. The van der Waals surface area contributed by atoms with Gasteiger partial charge < -0.3 is 10.2 Å². The van der Waals surface area contributed by atoms with Crippen LogP contribution in [0.5, 0.6) is 0 Å². The van der Waals surface area contributed by atoms with Gasteiger partial charge in [-0.1, -0.05) is 31.2 Å². The largest absolute Gasteiger partial charge is 0.384 e. The first-order valence-electron chi connectivity index (χ1n) is 7.15. The van der Waals surface area contributed by atoms with Gasteiger partial charge >= 0.3 is 0 Å². The van der Waals surface area contributed by atoms with Gasteiger partial charge in [0, 0.05) is 20.1 Å². The molecule has 0 amide bonds. The quantitative estimate of drug-likeness (QED) is 0.863. The Hall–Kier alpha value is -2.03. The monoisotopic (exact) mass is 269 g/mol. The van der Waals surface area contributed by atoms with E-state index in [0.29, 0.717) is 0 Å². The van der Waals surface area contributed by atoms with E-state index in [1.165, 1.54) is 11.1 Å². The molecule has 0 atom stereocenters. The van der Waals surface area contributed by atoms with Crippen molar-refractivity contribution in [3.8, 4) is 0 Å². The molecule has 1 aromatic heterocycles. The lowest BCUT2D eigenvalue weighted by molar-refractivity contribution is 0.908. The smallest absolute Gasteiger partial charge is 0.0573 e. The fraction of sp³-hybridized carbons (Fsp3) is 0.353. The summed E-state index contributed by atoms with van der Waals surface area (Å²) >= 11 is 0. The standard InChI is InChI=1S/C17H23N3/c1-4-9-19-16-10-17(12-18-11-16)20(3)13-15-8-6-5-7-14(15)2/h5-8,10-12,19H,4,9,13H2,1-3H3. The fourth-order valence-electron chi connectivity index (χ4n) is 2.14. The van der Waals surface area contributed by atoms with Crippen molar-refractivity contribution < 1.29 is 0 Å². The van der Waals surface area contributed by atoms with Crippen molar-refractivity contribution in [2.75, 3.05) is 23.8 Å². The molecule has 2 rings (SSSR count). The zero-order valence-electron chi connectivity index (χ0n) is 12.6. The van der Waals surface area contributed by atoms with E-state index in [9.17, 15) is 0 Å². The molecule has 0 aliphatic carbocycles. The van der Waals surface area contributed by atoms with Gasteiger partial charge in [-0.15, -0.1) is 0 Å². The summed E-state index contributed by atoms with van der Waals surface area (Å²) in [6.07, 6.45) is 4.90. The molecule has 0 bridgehead atoms. The van der Waals surface area contributed by atoms with E-state index >= 15 is 0 Å². The van der Waals surface area contributed by atoms with E-state index < -0.39 is 0 Å². The van der Waals surface area contributed by atoms with Crippen LogP contribution in [0.3, 0.4) is 0 Å². The summed E-state index contributed by atoms with van der Waals surface area (Å²) in [5.41, 5.74) is 4.89. The van der Waals surface area contributed by atoms with Gasteiger partial charge in [0.1, 0.15) is 0 Å². The van der Waals surface area contributed by atoms with Gasteiger partial charge in [0.2, 0.25) is 0 Å². The van der Waals surface area contributed by atoms with Gasteiger partial charge in [0.05, 0.1) is 23.8 Å². The van der Waals surface area contributed by atoms with Crippen molar-refractivity contribution in [2.45, 2.75) is 26.8 Å². The zero-order chi connectivity index (χ0) is 14.4. The SMILES string of the molecule is CCCNc1cncc(N(C)Cc2ccccc2C)c1. The molecule has 1 N–H and O–H groups in total. The third-order valence-corrected chi connectivity index (χ3v) is 3.41. The molecule has 3 heteroatoms. The lowest BCUT2D eigenvalue weighted by Crippen LogP contribution is -2.17. The van der Waals surface area contributed by atoms with Crippen LogP contribution in [0.4, 0.5) is 11.4 Å². The molecule has 2 aromatic rings. The van der Waals surface area contributed by atoms with Gasteiger partial charge in [-0.05, 0) is 30.5 Å². The minimum absolute atomic E-state index is 0.894. The molecular weight excluding hydrogens is 246 g/mol. The summed E-state index contributed by atoms with van der Waals surface area (Å²) in [7, 11) is 2.10. The second-order valence-electron chi connectivity index (χ2n) is 5.14. The number of hydrogen-bond acceptors (Lipinski definition) is 3. The van der Waals surface area contributed by atoms with Crippen LogP contribution >= 0.6 is 0 Å². The van der Waals surface area contributed by atoms with E-state index in [-0.39, 0.29) is 0 Å². The predicted octanol–water partition coefficient (Wildman–Crippen LogP) is 3.85. The van der Waals surface area contributed by atoms with Crippen molar-refractivity contribution in [1.82, 2.24) is 4.98 Å². The van der Waals surface area contributed by atoms with E-state index in [1.807, 2.05) is 12.4 Å². The molecule has 0 aliphatic heterocycles. The van der Waals surface area contributed by atoms with Crippen molar-refractivity contribution >= 4 is 11.4 Å². The average molecular weight is 269 g/mol. The number of benzene rings is 1. The van der Waals surface area contributed by atoms with Crippen LogP contribution in [0.25, 0.3) is 0 Å². The maximum atomic E-state index is 4.32. The molecule has 0 spiro atoms. The first kappa shape index (κ1) is 14.4. The Labute approximate surface area is 121 Å². The first-order valence-corrected chi connectivity index (χ1v) is 7.15. The molecule has 1 heterocycles. The number of rotatable bonds is 6. The summed E-state index contributed by atoms with van der Waals surface area (Å²) < 4.78 is 0. The second-order valence-corrected chi connectivity index (χ2v) is 5.14. The van der Waals surface area contributed by atoms with Gasteiger partial charge in [-0.2, -0.15) is 0 Å². The third-order valence-electron chi connectivity index (χ3n) is 3.41. The second kappa shape index (κ2) is 6.94. The Morgan fingerprint density at radius 1 is 1.20 bits per heavy atom. The van der Waals surface area contributed by atoms with Crippen LogP contribution in [0.1, 0.15) is 24.5 Å². The highest BCUT2D eigenvalue weighted by molar-refractivity contribution is 5.55. The van der Waals surface area contributed by atoms with Crippen molar-refractivity contribution in [3.05, 3.63) is 53.9 Å². The molecule has 0 radical (unpaired) electrons. The molecule has 0 saturated heterocycles. The highest BCUT2D eigenvalue weighted by Gasteiger charge is 2.05. The molecule has 3 nitrogen and oxygen atoms in total. The molecule has 106 valence electrons. The fourth-order valence-corrected chi connectivity index (χ4v) is 2.14. The summed E-state index contributed by atoms with van der Waals surface area (Å²) in [5, 5.41) is 3.38. The summed E-state index contributed by atoms with van der Waals surface area (Å²) in [6, 6.07) is 10.7. The molecular formula is C17H23N3. The predicted molar refractivity (Wildman–Crippen MR) is 86.3 cm³/mol. The van der Waals surface area contributed by atoms with Gasteiger partial charge in [-0.3, -0.25) is 4.98 Å². The lowest BCUT2D eigenvalue weighted by atomic mass is 10.1. The Morgan fingerprint density at radius 2 is 2.00 bits per heavy atom. The number of nitrogens with one attached hydrogen (secondary N) is 1. The van der Waals surface area contributed by atoms with Crippen LogP contribution in [0, 0.1) is 6.92 Å². The average Bonchev–Trinajstić information content (AvgIpc) is 2.48. The number of nitrogens with zero attached hydrogens (tertiary/aromatic N) is 2. The molecule has 0 unspecified atom stereocenters. The zero-order valence-corrected chi connectivity index (χ0v) is 12.6. The number of aromatic nitrogens is 1. The van der Waals surface area contributed by atoms with Crippen molar-refractivity contribution in [3.63, 3.8) is 0 Å². The van der Waals surface area contributed by atoms with E-state index in [2.05, 4.69) is 66.4 Å². The number of hydrogen-bond donors (Lipinski definition) is 1. The Kier molecular flexibility index (Phi) is 4.99. The highest BCUT2D eigenvalue weighted by Crippen LogP contribution is 2.19. The number of aryl methyl sites for hydroxylation is 1. The van der Waals surface area contributed by atoms with E-state index in [0.717, 1.165) is 30.9 Å². The Balaban J connectivity index is 2.09. The molecule has 1 aromatic carbocycles. The molecule has 0 saturated carbocycles. The van der Waals surface area contributed by atoms with E-state index in [1.54, 1.807) is 0 Å². The molecule has 20 heavy (non-hydrogen) atoms. The minimum Gasteiger partial charge on any atom is -0.384 e. The number of pyridine rings is 1. The van der Waals surface area contributed by atoms with Crippen LogP contribution in [0.2, 0.25) is 0 Å². The minimum atomic E-state index is 0.894. The van der Waals surface area contributed by atoms with Gasteiger partial charge in [0.15, 0.2) is 0 Å². The van der Waals surface area contributed by atoms with Crippen LogP contribution in [-0.4, -0.2) is 18.6 Å². The van der Waals surface area contributed by atoms with Gasteiger partial charge in [-0.25, -0.2) is 0 Å².